The fraction of sp³-hybridized carbons (Fsp3) is 0.250. The van der Waals surface area contributed by atoms with E-state index in [-0.39, 0.29) is 4.90 Å². The van der Waals surface area contributed by atoms with E-state index in [0.717, 1.165) is 0 Å². The molecule has 0 aliphatic carbocycles. The SMILES string of the molecule is O=S(=O)(c1cccc(Br)c1)C(F)CO. The Morgan fingerprint density at radius 1 is 1.50 bits per heavy atom. The number of aliphatic hydroxyl groups is 1. The fourth-order valence-electron chi connectivity index (χ4n) is 0.890. The highest BCUT2D eigenvalue weighted by molar-refractivity contribution is 9.10. The van der Waals surface area contributed by atoms with Crippen LogP contribution < -0.4 is 0 Å². The highest BCUT2D eigenvalue weighted by Crippen LogP contribution is 2.20. The van der Waals surface area contributed by atoms with Crippen LogP contribution in [0.3, 0.4) is 0 Å². The van der Waals surface area contributed by atoms with Crippen molar-refractivity contribution in [3.63, 3.8) is 0 Å². The molecule has 1 aromatic carbocycles. The van der Waals surface area contributed by atoms with Gasteiger partial charge in [-0.05, 0) is 18.2 Å². The summed E-state index contributed by atoms with van der Waals surface area (Å²) in [6.07, 6.45) is 0. The van der Waals surface area contributed by atoms with Gasteiger partial charge in [0.2, 0.25) is 15.3 Å². The van der Waals surface area contributed by atoms with Crippen LogP contribution in [0, 0.1) is 0 Å². The molecule has 0 aliphatic heterocycles. The van der Waals surface area contributed by atoms with E-state index in [1.807, 2.05) is 0 Å². The largest absolute Gasteiger partial charge is 0.392 e. The molecule has 6 heteroatoms. The van der Waals surface area contributed by atoms with E-state index in [0.29, 0.717) is 4.47 Å². The number of rotatable bonds is 3. The van der Waals surface area contributed by atoms with Crippen molar-refractivity contribution in [2.45, 2.75) is 10.4 Å². The Hall–Kier alpha value is -0.460. The quantitative estimate of drug-likeness (QED) is 0.914. The summed E-state index contributed by atoms with van der Waals surface area (Å²) in [5.74, 6) is 0. The molecule has 78 valence electrons. The molecule has 0 aliphatic rings. The summed E-state index contributed by atoms with van der Waals surface area (Å²) in [4.78, 5) is -0.145. The van der Waals surface area contributed by atoms with Crippen LogP contribution in [0.5, 0.6) is 0 Å². The summed E-state index contributed by atoms with van der Waals surface area (Å²) in [5.41, 5.74) is -2.27. The van der Waals surface area contributed by atoms with Gasteiger partial charge in [0.15, 0.2) is 0 Å². The molecule has 1 rings (SSSR count). The lowest BCUT2D eigenvalue weighted by molar-refractivity contribution is 0.226. The molecule has 0 saturated heterocycles. The minimum atomic E-state index is -4.06. The highest BCUT2D eigenvalue weighted by Gasteiger charge is 2.26. The summed E-state index contributed by atoms with van der Waals surface area (Å²) in [6.45, 7) is -1.03. The van der Waals surface area contributed by atoms with E-state index in [1.165, 1.54) is 18.2 Å². The Balaban J connectivity index is 3.17. The Kier molecular flexibility index (Phi) is 3.63. The van der Waals surface area contributed by atoms with E-state index < -0.39 is 21.9 Å². The van der Waals surface area contributed by atoms with Crippen LogP contribution >= 0.6 is 15.9 Å². The van der Waals surface area contributed by atoms with Crippen molar-refractivity contribution >= 4 is 25.8 Å². The average molecular weight is 283 g/mol. The van der Waals surface area contributed by atoms with E-state index in [1.54, 1.807) is 6.07 Å². The molecule has 14 heavy (non-hydrogen) atoms. The number of hydrogen-bond donors (Lipinski definition) is 1. The summed E-state index contributed by atoms with van der Waals surface area (Å²) in [6, 6.07) is 5.69. The predicted molar refractivity (Wildman–Crippen MR) is 53.3 cm³/mol. The monoisotopic (exact) mass is 282 g/mol. The third-order valence-electron chi connectivity index (χ3n) is 1.60. The Morgan fingerprint density at radius 3 is 2.64 bits per heavy atom. The minimum Gasteiger partial charge on any atom is -0.392 e. The second-order valence-corrected chi connectivity index (χ2v) is 5.58. The van der Waals surface area contributed by atoms with Crippen LogP contribution in [-0.2, 0) is 9.84 Å². The maximum Gasteiger partial charge on any atom is 0.228 e. The molecule has 0 bridgehead atoms. The maximum atomic E-state index is 12.9. The normalized spacial score (nSPS) is 13.9. The smallest absolute Gasteiger partial charge is 0.228 e. The van der Waals surface area contributed by atoms with Crippen molar-refractivity contribution in [3.05, 3.63) is 28.7 Å². The lowest BCUT2D eigenvalue weighted by Gasteiger charge is -2.06. The number of aliphatic hydroxyl groups excluding tert-OH is 1. The number of hydrogen-bond acceptors (Lipinski definition) is 3. The Labute approximate surface area is 89.6 Å². The van der Waals surface area contributed by atoms with E-state index in [9.17, 15) is 12.8 Å². The number of benzene rings is 1. The van der Waals surface area contributed by atoms with Gasteiger partial charge >= 0.3 is 0 Å². The first-order valence-corrected chi connectivity index (χ1v) is 6.07. The third-order valence-corrected chi connectivity index (χ3v) is 3.83. The second kappa shape index (κ2) is 4.37. The Morgan fingerprint density at radius 2 is 2.14 bits per heavy atom. The van der Waals surface area contributed by atoms with Gasteiger partial charge in [0.05, 0.1) is 11.5 Å². The molecule has 1 unspecified atom stereocenters. The van der Waals surface area contributed by atoms with Crippen molar-refractivity contribution in [2.24, 2.45) is 0 Å². The van der Waals surface area contributed by atoms with Gasteiger partial charge in [0, 0.05) is 4.47 Å². The van der Waals surface area contributed by atoms with Crippen molar-refractivity contribution in [3.8, 4) is 0 Å². The van der Waals surface area contributed by atoms with Crippen LogP contribution in [0.2, 0.25) is 0 Å². The van der Waals surface area contributed by atoms with Gasteiger partial charge < -0.3 is 5.11 Å². The molecule has 0 amide bonds. The average Bonchev–Trinajstić information content (AvgIpc) is 2.16. The third kappa shape index (κ3) is 2.31. The zero-order valence-corrected chi connectivity index (χ0v) is 9.42. The van der Waals surface area contributed by atoms with Crippen molar-refractivity contribution in [1.82, 2.24) is 0 Å². The summed E-state index contributed by atoms with van der Waals surface area (Å²) in [5, 5.41) is 8.44. The predicted octanol–water partition coefficient (Wildman–Crippen LogP) is 1.51. The molecule has 0 aromatic heterocycles. The molecule has 0 heterocycles. The van der Waals surface area contributed by atoms with Gasteiger partial charge in [0.25, 0.3) is 0 Å². The fourth-order valence-corrected chi connectivity index (χ4v) is 2.49. The van der Waals surface area contributed by atoms with Crippen molar-refractivity contribution < 1.29 is 17.9 Å². The first-order valence-electron chi connectivity index (χ1n) is 3.73. The summed E-state index contributed by atoms with van der Waals surface area (Å²) in [7, 11) is -4.06. The van der Waals surface area contributed by atoms with E-state index in [2.05, 4.69) is 15.9 Å². The summed E-state index contributed by atoms with van der Waals surface area (Å²) < 4.78 is 36.1. The van der Waals surface area contributed by atoms with Crippen molar-refractivity contribution in [1.29, 1.82) is 0 Å². The van der Waals surface area contributed by atoms with E-state index >= 15 is 0 Å². The first kappa shape index (κ1) is 11.6. The molecular weight excluding hydrogens is 275 g/mol. The molecule has 0 radical (unpaired) electrons. The topological polar surface area (TPSA) is 54.4 Å². The molecule has 0 spiro atoms. The van der Waals surface area contributed by atoms with Gasteiger partial charge in [-0.2, -0.15) is 0 Å². The Bertz CT molecular complexity index is 418. The van der Waals surface area contributed by atoms with E-state index in [4.69, 9.17) is 5.11 Å². The lowest BCUT2D eigenvalue weighted by atomic mass is 10.4. The number of alkyl halides is 1. The molecule has 1 aromatic rings. The zero-order valence-electron chi connectivity index (χ0n) is 7.02. The molecule has 0 fully saturated rings. The van der Waals surface area contributed by atoms with Crippen molar-refractivity contribution in [2.75, 3.05) is 6.61 Å². The zero-order chi connectivity index (χ0) is 10.8. The first-order chi connectivity index (χ1) is 6.48. The van der Waals surface area contributed by atoms with Gasteiger partial charge in [-0.1, -0.05) is 22.0 Å². The van der Waals surface area contributed by atoms with Crippen LogP contribution in [0.25, 0.3) is 0 Å². The summed E-state index contributed by atoms with van der Waals surface area (Å²) >= 11 is 3.08. The molecule has 1 N–H and O–H groups in total. The lowest BCUT2D eigenvalue weighted by Crippen LogP contribution is -2.20. The van der Waals surface area contributed by atoms with Gasteiger partial charge in [-0.3, -0.25) is 0 Å². The van der Waals surface area contributed by atoms with Crippen LogP contribution in [0.4, 0.5) is 4.39 Å². The van der Waals surface area contributed by atoms with Gasteiger partial charge in [0.1, 0.15) is 0 Å². The maximum absolute atomic E-state index is 12.9. The van der Waals surface area contributed by atoms with Crippen LogP contribution in [0.1, 0.15) is 0 Å². The minimum absolute atomic E-state index is 0.145. The van der Waals surface area contributed by atoms with Crippen LogP contribution in [0.15, 0.2) is 33.6 Å². The second-order valence-electron chi connectivity index (χ2n) is 2.60. The number of halogens is 2. The molecular formula is C8H8BrFO3S. The van der Waals surface area contributed by atoms with Gasteiger partial charge in [-0.15, -0.1) is 0 Å². The number of sulfone groups is 1. The standard InChI is InChI=1S/C8H8BrFO3S/c9-6-2-1-3-7(4-6)14(12,13)8(10)5-11/h1-4,8,11H,5H2. The van der Waals surface area contributed by atoms with Crippen LogP contribution in [-0.4, -0.2) is 25.6 Å². The molecule has 1 atom stereocenters. The van der Waals surface area contributed by atoms with Gasteiger partial charge in [-0.25, -0.2) is 12.8 Å². The highest BCUT2D eigenvalue weighted by atomic mass is 79.9. The molecule has 0 saturated carbocycles. The molecule has 3 nitrogen and oxygen atoms in total.